The fourth-order valence-electron chi connectivity index (χ4n) is 1.56. The molecule has 0 aromatic carbocycles. The molecule has 1 amide bonds. The normalized spacial score (nSPS) is 12.6. The van der Waals surface area contributed by atoms with Gasteiger partial charge in [0.25, 0.3) is 0 Å². The molecule has 0 saturated carbocycles. The van der Waals surface area contributed by atoms with Gasteiger partial charge in [0.2, 0.25) is 5.91 Å². The van der Waals surface area contributed by atoms with Gasteiger partial charge in [-0.2, -0.15) is 5.10 Å². The first-order valence-electron chi connectivity index (χ1n) is 5.59. The maximum atomic E-state index is 11.8. The van der Waals surface area contributed by atoms with Crippen molar-refractivity contribution >= 4 is 17.7 Å². The number of carbonyl (C=O) groups is 2. The van der Waals surface area contributed by atoms with Crippen LogP contribution in [0, 0.1) is 12.8 Å². The summed E-state index contributed by atoms with van der Waals surface area (Å²) in [6.07, 6.45) is 0. The molecule has 1 unspecified atom stereocenters. The van der Waals surface area contributed by atoms with E-state index in [0.717, 1.165) is 0 Å². The predicted octanol–water partition coefficient (Wildman–Crippen LogP) is 0.349. The molecule has 1 rings (SSSR count). The van der Waals surface area contributed by atoms with E-state index >= 15 is 0 Å². The van der Waals surface area contributed by atoms with Gasteiger partial charge in [0, 0.05) is 7.05 Å². The van der Waals surface area contributed by atoms with Gasteiger partial charge in [0.05, 0.1) is 11.7 Å². The average Bonchev–Trinajstić information content (AvgIpc) is 2.52. The zero-order chi connectivity index (χ0) is 14.0. The Bertz CT molecular complexity index is 479. The van der Waals surface area contributed by atoms with Crippen LogP contribution in [0.25, 0.3) is 0 Å². The molecule has 100 valence electrons. The molecule has 1 aromatic heterocycles. The highest BCUT2D eigenvalue weighted by atomic mass is 16.4. The molecule has 1 heterocycles. The monoisotopic (exact) mass is 254 g/mol. The zero-order valence-corrected chi connectivity index (χ0v) is 10.9. The minimum absolute atomic E-state index is 0.0122. The van der Waals surface area contributed by atoms with Crippen molar-refractivity contribution in [1.82, 2.24) is 9.78 Å². The van der Waals surface area contributed by atoms with E-state index < -0.39 is 17.9 Å². The fourth-order valence-corrected chi connectivity index (χ4v) is 1.56. The number of aryl methyl sites for hydroxylation is 2. The number of rotatable bonds is 4. The molecule has 0 fully saturated rings. The lowest BCUT2D eigenvalue weighted by Gasteiger charge is -2.15. The van der Waals surface area contributed by atoms with Gasteiger partial charge in [-0.3, -0.25) is 9.48 Å². The molecule has 18 heavy (non-hydrogen) atoms. The maximum absolute atomic E-state index is 11.8. The number of nitrogens with zero attached hydrogens (tertiary/aromatic N) is 2. The largest absolute Gasteiger partial charge is 0.477 e. The number of amides is 1. The number of aromatic carboxylic acids is 1. The van der Waals surface area contributed by atoms with E-state index in [9.17, 15) is 9.59 Å². The molecule has 4 N–H and O–H groups in total. The summed E-state index contributed by atoms with van der Waals surface area (Å²) in [7, 11) is 1.57. The van der Waals surface area contributed by atoms with E-state index in [0.29, 0.717) is 5.69 Å². The molecule has 0 saturated heterocycles. The number of carbonyl (C=O) groups excluding carboxylic acids is 1. The molecular weight excluding hydrogens is 236 g/mol. The molecule has 0 aliphatic carbocycles. The van der Waals surface area contributed by atoms with Crippen LogP contribution in [0.1, 0.15) is 29.9 Å². The summed E-state index contributed by atoms with van der Waals surface area (Å²) in [5, 5.41) is 15.6. The topological polar surface area (TPSA) is 110 Å². The quantitative estimate of drug-likeness (QED) is 0.718. The number of hydrogen-bond donors (Lipinski definition) is 3. The number of aromatic nitrogens is 2. The highest BCUT2D eigenvalue weighted by molar-refractivity contribution is 6.01. The molecule has 7 heteroatoms. The van der Waals surface area contributed by atoms with Gasteiger partial charge >= 0.3 is 5.97 Å². The van der Waals surface area contributed by atoms with Gasteiger partial charge < -0.3 is 16.2 Å². The Kier molecular flexibility index (Phi) is 4.07. The third-order valence-corrected chi connectivity index (χ3v) is 2.70. The summed E-state index contributed by atoms with van der Waals surface area (Å²) >= 11 is 0. The van der Waals surface area contributed by atoms with E-state index in [-0.39, 0.29) is 17.3 Å². The second-order valence-corrected chi connectivity index (χ2v) is 4.50. The van der Waals surface area contributed by atoms with E-state index in [1.54, 1.807) is 14.0 Å². The van der Waals surface area contributed by atoms with Crippen LogP contribution >= 0.6 is 0 Å². The van der Waals surface area contributed by atoms with Crippen molar-refractivity contribution in [3.63, 3.8) is 0 Å². The zero-order valence-electron chi connectivity index (χ0n) is 10.9. The number of carboxylic acid groups (broad SMARTS) is 1. The SMILES string of the molecule is Cc1nn(C)c(NC(=O)C(N)C(C)C)c1C(=O)O. The summed E-state index contributed by atoms with van der Waals surface area (Å²) in [4.78, 5) is 22.9. The summed E-state index contributed by atoms with van der Waals surface area (Å²) in [5.74, 6) is -1.43. The average molecular weight is 254 g/mol. The van der Waals surface area contributed by atoms with Crippen LogP contribution in [0.15, 0.2) is 0 Å². The van der Waals surface area contributed by atoms with E-state index in [1.165, 1.54) is 4.68 Å². The van der Waals surface area contributed by atoms with Gasteiger partial charge in [-0.25, -0.2) is 4.79 Å². The predicted molar refractivity (Wildman–Crippen MR) is 66.3 cm³/mol. The lowest BCUT2D eigenvalue weighted by molar-refractivity contribution is -0.118. The lowest BCUT2D eigenvalue weighted by atomic mass is 10.1. The first kappa shape index (κ1) is 14.2. The Morgan fingerprint density at radius 1 is 1.44 bits per heavy atom. The van der Waals surface area contributed by atoms with E-state index in [4.69, 9.17) is 10.8 Å². The van der Waals surface area contributed by atoms with Crippen LogP contribution in [-0.2, 0) is 11.8 Å². The summed E-state index contributed by atoms with van der Waals surface area (Å²) < 4.78 is 1.32. The molecule has 7 nitrogen and oxygen atoms in total. The van der Waals surface area contributed by atoms with Gasteiger partial charge in [-0.1, -0.05) is 13.8 Å². The molecule has 0 bridgehead atoms. The van der Waals surface area contributed by atoms with E-state index in [2.05, 4.69) is 10.4 Å². The first-order valence-corrected chi connectivity index (χ1v) is 5.59. The second kappa shape index (κ2) is 5.18. The highest BCUT2D eigenvalue weighted by Gasteiger charge is 2.24. The standard InChI is InChI=1S/C11H18N4O3/c1-5(2)8(12)10(16)13-9-7(11(17)18)6(3)14-15(9)4/h5,8H,12H2,1-4H3,(H,13,16)(H,17,18). The maximum Gasteiger partial charge on any atom is 0.341 e. The Hall–Kier alpha value is -1.89. The molecule has 0 aliphatic rings. The molecule has 1 aromatic rings. The number of nitrogens with two attached hydrogens (primary N) is 1. The van der Waals surface area contributed by atoms with Gasteiger partial charge in [0.1, 0.15) is 11.4 Å². The number of carboxylic acids is 1. The third kappa shape index (κ3) is 2.67. The Balaban J connectivity index is 3.05. The van der Waals surface area contributed by atoms with Crippen LogP contribution in [0.2, 0.25) is 0 Å². The minimum atomic E-state index is -1.13. The number of hydrogen-bond acceptors (Lipinski definition) is 4. The summed E-state index contributed by atoms with van der Waals surface area (Å²) in [5.41, 5.74) is 6.04. The van der Waals surface area contributed by atoms with Crippen LogP contribution in [0.5, 0.6) is 0 Å². The number of nitrogens with one attached hydrogen (secondary N) is 1. The Morgan fingerprint density at radius 3 is 2.44 bits per heavy atom. The molecule has 0 spiro atoms. The highest BCUT2D eigenvalue weighted by Crippen LogP contribution is 2.19. The third-order valence-electron chi connectivity index (χ3n) is 2.70. The smallest absolute Gasteiger partial charge is 0.341 e. The van der Waals surface area contributed by atoms with Crippen LogP contribution < -0.4 is 11.1 Å². The van der Waals surface area contributed by atoms with Crippen LogP contribution in [-0.4, -0.2) is 32.8 Å². The summed E-state index contributed by atoms with van der Waals surface area (Å²) in [6, 6.07) is -0.693. The van der Waals surface area contributed by atoms with Crippen LogP contribution in [0.4, 0.5) is 5.82 Å². The van der Waals surface area contributed by atoms with E-state index in [1.807, 2.05) is 13.8 Å². The van der Waals surface area contributed by atoms with Crippen molar-refractivity contribution in [3.8, 4) is 0 Å². The van der Waals surface area contributed by atoms with Crippen molar-refractivity contribution < 1.29 is 14.7 Å². The van der Waals surface area contributed by atoms with Crippen molar-refractivity contribution in [2.75, 3.05) is 5.32 Å². The molecule has 1 atom stereocenters. The van der Waals surface area contributed by atoms with Crippen LogP contribution in [0.3, 0.4) is 0 Å². The molecule has 0 radical (unpaired) electrons. The van der Waals surface area contributed by atoms with Crippen molar-refractivity contribution in [3.05, 3.63) is 11.3 Å². The number of anilines is 1. The van der Waals surface area contributed by atoms with Crippen molar-refractivity contribution in [2.45, 2.75) is 26.8 Å². The Labute approximate surface area is 105 Å². The van der Waals surface area contributed by atoms with Gasteiger partial charge in [0.15, 0.2) is 0 Å². The first-order chi connectivity index (χ1) is 8.25. The minimum Gasteiger partial charge on any atom is -0.477 e. The fraction of sp³-hybridized carbons (Fsp3) is 0.545. The van der Waals surface area contributed by atoms with Gasteiger partial charge in [-0.05, 0) is 12.8 Å². The molecule has 0 aliphatic heterocycles. The summed E-state index contributed by atoms with van der Waals surface area (Å²) in [6.45, 7) is 5.20. The van der Waals surface area contributed by atoms with Crippen molar-refractivity contribution in [1.29, 1.82) is 0 Å². The molecular formula is C11H18N4O3. The second-order valence-electron chi connectivity index (χ2n) is 4.50. The Morgan fingerprint density at radius 2 is 2.00 bits per heavy atom. The van der Waals surface area contributed by atoms with Crippen molar-refractivity contribution in [2.24, 2.45) is 18.7 Å². The lowest BCUT2D eigenvalue weighted by Crippen LogP contribution is -2.40. The van der Waals surface area contributed by atoms with Gasteiger partial charge in [-0.15, -0.1) is 0 Å².